The lowest BCUT2D eigenvalue weighted by molar-refractivity contribution is -0.112. The fourth-order valence-corrected chi connectivity index (χ4v) is 2.31. The van der Waals surface area contributed by atoms with Crippen LogP contribution < -0.4 is 0 Å². The second-order valence-electron chi connectivity index (χ2n) is 5.14. The molecule has 0 heterocycles. The van der Waals surface area contributed by atoms with Gasteiger partial charge in [-0.05, 0) is 35.8 Å². The number of carbonyl (C=O) groups excluding carboxylic acids is 1. The molecule has 0 rings (SSSR count). The van der Waals surface area contributed by atoms with E-state index in [9.17, 15) is 4.79 Å². The summed E-state index contributed by atoms with van der Waals surface area (Å²) in [5, 5.41) is -0.205. The Hall–Kier alpha value is -0.0400. The molecular formula is C12H23ClO. The van der Waals surface area contributed by atoms with E-state index in [1.54, 1.807) is 0 Å². The summed E-state index contributed by atoms with van der Waals surface area (Å²) >= 11 is 5.37. The minimum atomic E-state index is -0.205. The summed E-state index contributed by atoms with van der Waals surface area (Å²) < 4.78 is 0. The van der Waals surface area contributed by atoms with Crippen LogP contribution in [0.2, 0.25) is 0 Å². The Kier molecular flexibility index (Phi) is 6.43. The first-order chi connectivity index (χ1) is 6.37. The van der Waals surface area contributed by atoms with Crippen LogP contribution in [0.3, 0.4) is 0 Å². The molecule has 0 amide bonds. The highest BCUT2D eigenvalue weighted by molar-refractivity contribution is 6.63. The van der Waals surface area contributed by atoms with Crippen LogP contribution in [0.1, 0.15) is 59.8 Å². The van der Waals surface area contributed by atoms with Gasteiger partial charge in [0, 0.05) is 6.42 Å². The van der Waals surface area contributed by atoms with E-state index in [1.807, 2.05) is 0 Å². The lowest BCUT2D eigenvalue weighted by Gasteiger charge is -2.27. The van der Waals surface area contributed by atoms with Gasteiger partial charge < -0.3 is 0 Å². The van der Waals surface area contributed by atoms with E-state index in [0.29, 0.717) is 17.8 Å². The third-order valence-electron chi connectivity index (χ3n) is 2.62. The van der Waals surface area contributed by atoms with E-state index in [2.05, 4.69) is 27.7 Å². The van der Waals surface area contributed by atoms with Gasteiger partial charge in [0.25, 0.3) is 0 Å². The second kappa shape index (κ2) is 6.44. The Bertz CT molecular complexity index is 175. The van der Waals surface area contributed by atoms with Crippen LogP contribution >= 0.6 is 11.6 Å². The topological polar surface area (TPSA) is 17.1 Å². The zero-order chi connectivity index (χ0) is 11.2. The van der Waals surface area contributed by atoms with E-state index in [0.717, 1.165) is 6.42 Å². The van der Waals surface area contributed by atoms with E-state index in [-0.39, 0.29) is 5.24 Å². The van der Waals surface area contributed by atoms with Crippen molar-refractivity contribution in [3.05, 3.63) is 0 Å². The molecule has 1 unspecified atom stereocenters. The highest BCUT2D eigenvalue weighted by Crippen LogP contribution is 2.32. The molecule has 0 radical (unpaired) electrons. The number of hydrogen-bond donors (Lipinski definition) is 0. The molecule has 0 aliphatic rings. The molecule has 0 aromatic carbocycles. The number of halogens is 1. The lowest BCUT2D eigenvalue weighted by Crippen LogP contribution is -2.16. The summed E-state index contributed by atoms with van der Waals surface area (Å²) in [6, 6.07) is 0. The summed E-state index contributed by atoms with van der Waals surface area (Å²) in [6.07, 6.45) is 5.35. The summed E-state index contributed by atoms with van der Waals surface area (Å²) in [4.78, 5) is 10.7. The van der Waals surface area contributed by atoms with Crippen LogP contribution in [-0.4, -0.2) is 5.24 Å². The van der Waals surface area contributed by atoms with Crippen molar-refractivity contribution in [1.82, 2.24) is 0 Å². The monoisotopic (exact) mass is 218 g/mol. The number of rotatable bonds is 7. The second-order valence-corrected chi connectivity index (χ2v) is 5.56. The van der Waals surface area contributed by atoms with Gasteiger partial charge in [-0.25, -0.2) is 0 Å². The molecule has 2 heteroatoms. The number of unbranched alkanes of at least 4 members (excludes halogenated alkanes) is 1. The van der Waals surface area contributed by atoms with Gasteiger partial charge in [0.1, 0.15) is 0 Å². The molecule has 14 heavy (non-hydrogen) atoms. The van der Waals surface area contributed by atoms with Crippen molar-refractivity contribution in [3.8, 4) is 0 Å². The third-order valence-corrected chi connectivity index (χ3v) is 2.77. The van der Waals surface area contributed by atoms with E-state index >= 15 is 0 Å². The summed E-state index contributed by atoms with van der Waals surface area (Å²) in [5.41, 5.74) is 0.349. The Balaban J connectivity index is 3.87. The van der Waals surface area contributed by atoms with E-state index in [1.165, 1.54) is 19.3 Å². The van der Waals surface area contributed by atoms with Crippen LogP contribution in [0.5, 0.6) is 0 Å². The van der Waals surface area contributed by atoms with E-state index in [4.69, 9.17) is 11.6 Å². The van der Waals surface area contributed by atoms with Crippen molar-refractivity contribution in [2.45, 2.75) is 59.8 Å². The number of hydrogen-bond acceptors (Lipinski definition) is 1. The highest BCUT2D eigenvalue weighted by Gasteiger charge is 2.21. The van der Waals surface area contributed by atoms with Gasteiger partial charge in [0.05, 0.1) is 0 Å². The maximum absolute atomic E-state index is 10.7. The summed E-state index contributed by atoms with van der Waals surface area (Å²) in [5.74, 6) is 0.409. The number of carbonyl (C=O) groups is 1. The summed E-state index contributed by atoms with van der Waals surface area (Å²) in [6.45, 7) is 8.87. The van der Waals surface area contributed by atoms with Crippen molar-refractivity contribution < 1.29 is 4.79 Å². The van der Waals surface area contributed by atoms with Gasteiger partial charge in [0.15, 0.2) is 0 Å². The molecule has 0 saturated heterocycles. The minimum Gasteiger partial charge on any atom is -0.281 e. The molecule has 0 aromatic heterocycles. The molecule has 0 aromatic rings. The fraction of sp³-hybridized carbons (Fsp3) is 0.917. The molecule has 0 spiro atoms. The van der Waals surface area contributed by atoms with Crippen molar-refractivity contribution in [1.29, 1.82) is 0 Å². The SMILES string of the molecule is CCCCC(C)(C)CC(C)CC(=O)Cl. The molecule has 1 atom stereocenters. The van der Waals surface area contributed by atoms with Crippen molar-refractivity contribution in [2.75, 3.05) is 0 Å². The average Bonchev–Trinajstić information content (AvgIpc) is 1.98. The average molecular weight is 219 g/mol. The van der Waals surface area contributed by atoms with E-state index < -0.39 is 0 Å². The Labute approximate surface area is 93.2 Å². The van der Waals surface area contributed by atoms with Gasteiger partial charge in [-0.3, -0.25) is 4.79 Å². The summed E-state index contributed by atoms with van der Waals surface area (Å²) in [7, 11) is 0. The molecule has 0 N–H and O–H groups in total. The van der Waals surface area contributed by atoms with Gasteiger partial charge >= 0.3 is 0 Å². The largest absolute Gasteiger partial charge is 0.281 e. The smallest absolute Gasteiger partial charge is 0.221 e. The van der Waals surface area contributed by atoms with Crippen LogP contribution in [-0.2, 0) is 4.79 Å². The van der Waals surface area contributed by atoms with Crippen LogP contribution in [0.15, 0.2) is 0 Å². The lowest BCUT2D eigenvalue weighted by atomic mass is 9.79. The molecule has 0 saturated carbocycles. The zero-order valence-electron chi connectivity index (χ0n) is 9.90. The van der Waals surface area contributed by atoms with Crippen LogP contribution in [0.4, 0.5) is 0 Å². The first kappa shape index (κ1) is 14.0. The standard InChI is InChI=1S/C12H23ClO/c1-5-6-7-12(3,4)9-10(2)8-11(13)14/h10H,5-9H2,1-4H3. The minimum absolute atomic E-state index is 0.205. The Morgan fingerprint density at radius 3 is 2.43 bits per heavy atom. The van der Waals surface area contributed by atoms with Crippen molar-refractivity contribution in [3.63, 3.8) is 0 Å². The zero-order valence-corrected chi connectivity index (χ0v) is 10.7. The highest BCUT2D eigenvalue weighted by atomic mass is 35.5. The molecule has 84 valence electrons. The molecule has 0 fully saturated rings. The Morgan fingerprint density at radius 1 is 1.43 bits per heavy atom. The molecule has 0 aliphatic heterocycles. The fourth-order valence-electron chi connectivity index (χ4n) is 2.05. The van der Waals surface area contributed by atoms with Crippen molar-refractivity contribution >= 4 is 16.8 Å². The molecule has 0 aliphatic carbocycles. The quantitative estimate of drug-likeness (QED) is 0.580. The van der Waals surface area contributed by atoms with Crippen LogP contribution in [0, 0.1) is 11.3 Å². The molecule has 0 bridgehead atoms. The van der Waals surface area contributed by atoms with Gasteiger partial charge in [-0.1, -0.05) is 40.5 Å². The molecule has 1 nitrogen and oxygen atoms in total. The first-order valence-corrected chi connectivity index (χ1v) is 5.93. The van der Waals surface area contributed by atoms with Crippen LogP contribution in [0.25, 0.3) is 0 Å². The molecular weight excluding hydrogens is 196 g/mol. The first-order valence-electron chi connectivity index (χ1n) is 5.55. The Morgan fingerprint density at radius 2 is 2.00 bits per heavy atom. The third kappa shape index (κ3) is 7.37. The van der Waals surface area contributed by atoms with Gasteiger partial charge in [-0.2, -0.15) is 0 Å². The maximum Gasteiger partial charge on any atom is 0.221 e. The maximum atomic E-state index is 10.7. The predicted molar refractivity (Wildman–Crippen MR) is 62.6 cm³/mol. The predicted octanol–water partition coefficient (Wildman–Crippen LogP) is 4.38. The normalized spacial score (nSPS) is 14.1. The van der Waals surface area contributed by atoms with Gasteiger partial charge in [-0.15, -0.1) is 0 Å². The van der Waals surface area contributed by atoms with Gasteiger partial charge in [0.2, 0.25) is 5.24 Å². The van der Waals surface area contributed by atoms with Crippen molar-refractivity contribution in [2.24, 2.45) is 11.3 Å².